The van der Waals surface area contributed by atoms with Crippen molar-refractivity contribution in [1.29, 1.82) is 0 Å². The van der Waals surface area contributed by atoms with Gasteiger partial charge in [0.2, 0.25) is 17.7 Å². The van der Waals surface area contributed by atoms with Crippen molar-refractivity contribution in [3.05, 3.63) is 23.9 Å². The molecule has 2 amide bonds. The van der Waals surface area contributed by atoms with Crippen LogP contribution in [0.5, 0.6) is 5.88 Å². The van der Waals surface area contributed by atoms with Crippen molar-refractivity contribution in [2.75, 3.05) is 6.61 Å². The molecule has 0 aliphatic carbocycles. The molecule has 0 aromatic carbocycles. The average molecular weight is 389 g/mol. The van der Waals surface area contributed by atoms with Crippen LogP contribution in [0.15, 0.2) is 18.3 Å². The molecule has 0 spiro atoms. The lowest BCUT2D eigenvalue weighted by atomic mass is 10.0. The third kappa shape index (κ3) is 8.74. The highest BCUT2D eigenvalue weighted by atomic mass is 19.4. The summed E-state index contributed by atoms with van der Waals surface area (Å²) in [4.78, 5) is 28.2. The van der Waals surface area contributed by atoms with Crippen LogP contribution in [-0.4, -0.2) is 35.6 Å². The van der Waals surface area contributed by atoms with Gasteiger partial charge in [-0.3, -0.25) is 9.59 Å². The van der Waals surface area contributed by atoms with E-state index in [4.69, 9.17) is 4.74 Å². The maximum Gasteiger partial charge on any atom is 0.422 e. The Morgan fingerprint density at radius 2 is 1.89 bits per heavy atom. The molecule has 0 aliphatic heterocycles. The number of ether oxygens (including phenoxy) is 1. The minimum atomic E-state index is -4.48. The van der Waals surface area contributed by atoms with Crippen LogP contribution in [0, 0.1) is 11.8 Å². The number of carbonyl (C=O) groups is 2. The summed E-state index contributed by atoms with van der Waals surface area (Å²) < 4.78 is 41.7. The van der Waals surface area contributed by atoms with Crippen LogP contribution in [-0.2, 0) is 16.1 Å². The summed E-state index contributed by atoms with van der Waals surface area (Å²) in [5, 5.41) is 5.32. The second-order valence-electron chi connectivity index (χ2n) is 6.98. The van der Waals surface area contributed by atoms with Gasteiger partial charge in [-0.05, 0) is 17.9 Å². The Morgan fingerprint density at radius 1 is 1.22 bits per heavy atom. The fourth-order valence-electron chi connectivity index (χ4n) is 2.27. The average Bonchev–Trinajstić information content (AvgIpc) is 2.54. The van der Waals surface area contributed by atoms with E-state index in [2.05, 4.69) is 15.6 Å². The third-order valence-corrected chi connectivity index (χ3v) is 3.53. The molecule has 1 aromatic rings. The summed E-state index contributed by atoms with van der Waals surface area (Å²) in [5.41, 5.74) is 0.311. The first kappa shape index (κ1) is 22.7. The number of rotatable bonds is 9. The van der Waals surface area contributed by atoms with Gasteiger partial charge in [-0.25, -0.2) is 4.98 Å². The molecule has 152 valence electrons. The smallest absolute Gasteiger partial charge is 0.422 e. The van der Waals surface area contributed by atoms with E-state index in [0.717, 1.165) is 0 Å². The van der Waals surface area contributed by atoms with Gasteiger partial charge in [0.25, 0.3) is 0 Å². The number of amides is 2. The summed E-state index contributed by atoms with van der Waals surface area (Å²) in [6, 6.07) is 2.31. The van der Waals surface area contributed by atoms with Crippen LogP contribution < -0.4 is 15.4 Å². The van der Waals surface area contributed by atoms with Gasteiger partial charge in [0.1, 0.15) is 6.04 Å². The topological polar surface area (TPSA) is 80.3 Å². The maximum atomic E-state index is 12.4. The number of aromatic nitrogens is 1. The Bertz CT molecular complexity index is 634. The predicted octanol–water partition coefficient (Wildman–Crippen LogP) is 2.83. The summed E-state index contributed by atoms with van der Waals surface area (Å²) in [7, 11) is 0. The van der Waals surface area contributed by atoms with Crippen molar-refractivity contribution in [3.63, 3.8) is 0 Å². The van der Waals surface area contributed by atoms with E-state index < -0.39 is 24.7 Å². The Hall–Kier alpha value is -2.32. The van der Waals surface area contributed by atoms with Crippen molar-refractivity contribution >= 4 is 11.8 Å². The van der Waals surface area contributed by atoms with Gasteiger partial charge in [0.05, 0.1) is 0 Å². The number of hydrogen-bond donors (Lipinski definition) is 2. The number of pyridine rings is 1. The molecule has 0 radical (unpaired) electrons. The van der Waals surface area contributed by atoms with Gasteiger partial charge in [0, 0.05) is 24.7 Å². The van der Waals surface area contributed by atoms with Crippen molar-refractivity contribution in [3.8, 4) is 5.88 Å². The molecule has 1 rings (SSSR count). The first-order valence-corrected chi connectivity index (χ1v) is 8.70. The van der Waals surface area contributed by atoms with Gasteiger partial charge in [-0.15, -0.1) is 0 Å². The van der Waals surface area contributed by atoms with Crippen LogP contribution in [0.3, 0.4) is 0 Å². The lowest BCUT2D eigenvalue weighted by molar-refractivity contribution is -0.154. The SMILES string of the molecule is CC(C)CC(=O)NC(C(=O)NCc1cccnc1OCC(F)(F)F)C(C)C. The summed E-state index contributed by atoms with van der Waals surface area (Å²) in [5.74, 6) is -0.845. The molecule has 6 nitrogen and oxygen atoms in total. The fraction of sp³-hybridized carbons (Fsp3) is 0.611. The zero-order valence-electron chi connectivity index (χ0n) is 15.9. The number of alkyl halides is 3. The second-order valence-corrected chi connectivity index (χ2v) is 6.98. The normalized spacial score (nSPS) is 12.8. The lowest BCUT2D eigenvalue weighted by Crippen LogP contribution is -2.49. The number of nitrogens with one attached hydrogen (secondary N) is 2. The molecular weight excluding hydrogens is 363 g/mol. The first-order valence-electron chi connectivity index (χ1n) is 8.70. The van der Waals surface area contributed by atoms with E-state index in [1.807, 2.05) is 13.8 Å². The van der Waals surface area contributed by atoms with E-state index >= 15 is 0 Å². The molecule has 0 saturated heterocycles. The zero-order valence-corrected chi connectivity index (χ0v) is 15.9. The van der Waals surface area contributed by atoms with Gasteiger partial charge in [-0.2, -0.15) is 13.2 Å². The Kier molecular flexibility index (Phi) is 8.52. The minimum Gasteiger partial charge on any atom is -0.468 e. The van der Waals surface area contributed by atoms with Gasteiger partial charge >= 0.3 is 6.18 Å². The summed E-state index contributed by atoms with van der Waals surface area (Å²) >= 11 is 0. The monoisotopic (exact) mass is 389 g/mol. The van der Waals surface area contributed by atoms with Crippen LogP contribution in [0.25, 0.3) is 0 Å². The molecule has 0 saturated carbocycles. The summed E-state index contributed by atoms with van der Waals surface area (Å²) in [6.07, 6.45) is -2.88. The first-order chi connectivity index (χ1) is 12.5. The molecule has 1 unspecified atom stereocenters. The van der Waals surface area contributed by atoms with Gasteiger partial charge in [0.15, 0.2) is 6.61 Å². The van der Waals surface area contributed by atoms with Crippen LogP contribution in [0.2, 0.25) is 0 Å². The molecule has 27 heavy (non-hydrogen) atoms. The quantitative estimate of drug-likeness (QED) is 0.681. The summed E-state index contributed by atoms with van der Waals surface area (Å²) in [6.45, 7) is 5.85. The molecule has 1 heterocycles. The van der Waals surface area contributed by atoms with E-state index in [-0.39, 0.29) is 30.2 Å². The number of nitrogens with zero attached hydrogens (tertiary/aromatic N) is 1. The Labute approximate surface area is 156 Å². The van der Waals surface area contributed by atoms with Gasteiger partial charge < -0.3 is 15.4 Å². The van der Waals surface area contributed by atoms with Crippen LogP contribution in [0.4, 0.5) is 13.2 Å². The molecule has 0 aliphatic rings. The van der Waals surface area contributed by atoms with Crippen molar-refractivity contribution < 1.29 is 27.5 Å². The van der Waals surface area contributed by atoms with Crippen molar-refractivity contribution in [2.24, 2.45) is 11.8 Å². The Morgan fingerprint density at radius 3 is 2.44 bits per heavy atom. The highest BCUT2D eigenvalue weighted by molar-refractivity contribution is 5.87. The number of hydrogen-bond acceptors (Lipinski definition) is 4. The molecule has 1 atom stereocenters. The van der Waals surface area contributed by atoms with E-state index in [1.165, 1.54) is 18.3 Å². The standard InChI is InChI=1S/C18H26F3N3O3/c1-11(2)8-14(25)24-15(12(3)4)16(26)23-9-13-6-5-7-22-17(13)27-10-18(19,20)21/h5-7,11-12,15H,8-10H2,1-4H3,(H,23,26)(H,24,25). The Balaban J connectivity index is 2.72. The van der Waals surface area contributed by atoms with E-state index in [0.29, 0.717) is 12.0 Å². The van der Waals surface area contributed by atoms with E-state index in [9.17, 15) is 22.8 Å². The maximum absolute atomic E-state index is 12.4. The highest BCUT2D eigenvalue weighted by Crippen LogP contribution is 2.20. The van der Waals surface area contributed by atoms with Gasteiger partial charge in [-0.1, -0.05) is 33.8 Å². The van der Waals surface area contributed by atoms with Crippen molar-refractivity contribution in [2.45, 2.75) is 52.9 Å². The lowest BCUT2D eigenvalue weighted by Gasteiger charge is -2.22. The van der Waals surface area contributed by atoms with Crippen LogP contribution >= 0.6 is 0 Å². The molecule has 9 heteroatoms. The molecule has 1 aromatic heterocycles. The molecule has 0 fully saturated rings. The molecular formula is C18H26F3N3O3. The third-order valence-electron chi connectivity index (χ3n) is 3.53. The molecule has 2 N–H and O–H groups in total. The fourth-order valence-corrected chi connectivity index (χ4v) is 2.27. The van der Waals surface area contributed by atoms with E-state index in [1.54, 1.807) is 13.8 Å². The largest absolute Gasteiger partial charge is 0.468 e. The minimum absolute atomic E-state index is 0.0663. The van der Waals surface area contributed by atoms with Crippen molar-refractivity contribution in [1.82, 2.24) is 15.6 Å². The number of halogens is 3. The van der Waals surface area contributed by atoms with Crippen LogP contribution in [0.1, 0.15) is 39.7 Å². The second kappa shape index (κ2) is 10.1. The highest BCUT2D eigenvalue weighted by Gasteiger charge is 2.29. The zero-order chi connectivity index (χ0) is 20.6. The number of carbonyl (C=O) groups excluding carboxylic acids is 2. The molecule has 0 bridgehead atoms. The predicted molar refractivity (Wildman–Crippen MR) is 93.9 cm³/mol.